The Labute approximate surface area is 149 Å². The van der Waals surface area contributed by atoms with Crippen molar-refractivity contribution >= 4 is 18.2 Å². The maximum absolute atomic E-state index is 11.8. The zero-order valence-electron chi connectivity index (χ0n) is 16.1. The SMILES string of the molecule is CC(C)(C)OC(=O)NCCCCC(CC(=O)O)NC(=O)OC(C)(C)C. The highest BCUT2D eigenvalue weighted by atomic mass is 16.6. The van der Waals surface area contributed by atoms with Gasteiger partial charge in [-0.1, -0.05) is 0 Å². The number of carbonyl (C=O) groups is 3. The van der Waals surface area contributed by atoms with Crippen molar-refractivity contribution in [3.05, 3.63) is 0 Å². The van der Waals surface area contributed by atoms with Crippen molar-refractivity contribution in [2.45, 2.75) is 84.5 Å². The molecule has 0 aromatic heterocycles. The molecule has 0 bridgehead atoms. The minimum Gasteiger partial charge on any atom is -0.481 e. The second kappa shape index (κ2) is 10.1. The molecule has 0 saturated heterocycles. The van der Waals surface area contributed by atoms with Gasteiger partial charge in [0.25, 0.3) is 0 Å². The second-order valence-electron chi connectivity index (χ2n) is 7.87. The lowest BCUT2D eigenvalue weighted by Gasteiger charge is -2.23. The molecule has 0 aliphatic carbocycles. The maximum Gasteiger partial charge on any atom is 0.407 e. The molecule has 0 radical (unpaired) electrons. The van der Waals surface area contributed by atoms with Gasteiger partial charge in [-0.15, -0.1) is 0 Å². The molecule has 1 unspecified atom stereocenters. The summed E-state index contributed by atoms with van der Waals surface area (Å²) < 4.78 is 10.3. The fraction of sp³-hybridized carbons (Fsp3) is 0.824. The molecule has 0 aliphatic heterocycles. The van der Waals surface area contributed by atoms with E-state index in [1.165, 1.54) is 0 Å². The van der Waals surface area contributed by atoms with Crippen LogP contribution in [0.1, 0.15) is 67.2 Å². The monoisotopic (exact) mass is 360 g/mol. The summed E-state index contributed by atoms with van der Waals surface area (Å²) in [5, 5.41) is 14.2. The number of nitrogens with one attached hydrogen (secondary N) is 2. The van der Waals surface area contributed by atoms with Crippen molar-refractivity contribution in [3.8, 4) is 0 Å². The van der Waals surface area contributed by atoms with Gasteiger partial charge in [0.1, 0.15) is 11.2 Å². The minimum atomic E-state index is -0.993. The summed E-state index contributed by atoms with van der Waals surface area (Å²) in [6.07, 6.45) is 0.460. The first kappa shape index (κ1) is 23.0. The van der Waals surface area contributed by atoms with Crippen LogP contribution in [-0.2, 0) is 14.3 Å². The van der Waals surface area contributed by atoms with E-state index in [0.29, 0.717) is 25.8 Å². The predicted molar refractivity (Wildman–Crippen MR) is 93.5 cm³/mol. The van der Waals surface area contributed by atoms with Crippen LogP contribution in [0.4, 0.5) is 9.59 Å². The lowest BCUT2D eigenvalue weighted by Crippen LogP contribution is -2.40. The molecule has 2 amide bonds. The zero-order chi connectivity index (χ0) is 19.7. The number of rotatable bonds is 8. The van der Waals surface area contributed by atoms with Crippen molar-refractivity contribution in [1.29, 1.82) is 0 Å². The lowest BCUT2D eigenvalue weighted by molar-refractivity contribution is -0.137. The molecule has 146 valence electrons. The quantitative estimate of drug-likeness (QED) is 0.573. The molecule has 0 aromatic carbocycles. The van der Waals surface area contributed by atoms with E-state index in [-0.39, 0.29) is 6.42 Å². The molecular formula is C17H32N2O6. The molecule has 0 aromatic rings. The Hall–Kier alpha value is -1.99. The Morgan fingerprint density at radius 2 is 1.44 bits per heavy atom. The summed E-state index contributed by atoms with van der Waals surface area (Å²) in [7, 11) is 0. The highest BCUT2D eigenvalue weighted by molar-refractivity contribution is 5.71. The van der Waals surface area contributed by atoms with E-state index in [1.54, 1.807) is 41.5 Å². The molecule has 1 atom stereocenters. The van der Waals surface area contributed by atoms with Gasteiger partial charge in [0.15, 0.2) is 0 Å². The Morgan fingerprint density at radius 3 is 1.92 bits per heavy atom. The largest absolute Gasteiger partial charge is 0.481 e. The van der Waals surface area contributed by atoms with E-state index in [1.807, 2.05) is 0 Å². The number of aliphatic carboxylic acids is 1. The number of amides is 2. The van der Waals surface area contributed by atoms with Crippen LogP contribution in [-0.4, -0.2) is 47.1 Å². The number of unbranched alkanes of at least 4 members (excludes halogenated alkanes) is 1. The van der Waals surface area contributed by atoms with E-state index in [4.69, 9.17) is 14.6 Å². The van der Waals surface area contributed by atoms with Gasteiger partial charge in [0.2, 0.25) is 0 Å². The van der Waals surface area contributed by atoms with Crippen LogP contribution in [0.3, 0.4) is 0 Å². The standard InChI is InChI=1S/C17H32N2O6/c1-16(2,3)24-14(22)18-10-8-7-9-12(11-13(20)21)19-15(23)25-17(4,5)6/h12H,7-11H2,1-6H3,(H,18,22)(H,19,23)(H,20,21). The average Bonchev–Trinajstić information content (AvgIpc) is 2.32. The van der Waals surface area contributed by atoms with Crippen LogP contribution in [0.15, 0.2) is 0 Å². The fourth-order valence-corrected chi connectivity index (χ4v) is 1.93. The van der Waals surface area contributed by atoms with Crippen LogP contribution < -0.4 is 10.6 Å². The Kier molecular flexibility index (Phi) is 9.30. The molecule has 25 heavy (non-hydrogen) atoms. The van der Waals surface area contributed by atoms with Crippen molar-refractivity contribution in [3.63, 3.8) is 0 Å². The first-order valence-corrected chi connectivity index (χ1v) is 8.46. The number of carbonyl (C=O) groups excluding carboxylic acids is 2. The average molecular weight is 360 g/mol. The van der Waals surface area contributed by atoms with E-state index >= 15 is 0 Å². The Morgan fingerprint density at radius 1 is 0.920 bits per heavy atom. The van der Waals surface area contributed by atoms with Crippen LogP contribution in [0.5, 0.6) is 0 Å². The second-order valence-corrected chi connectivity index (χ2v) is 7.87. The predicted octanol–water partition coefficient (Wildman–Crippen LogP) is 3.05. The topological polar surface area (TPSA) is 114 Å². The summed E-state index contributed by atoms with van der Waals surface area (Å²) >= 11 is 0. The molecule has 0 saturated carbocycles. The highest BCUT2D eigenvalue weighted by Crippen LogP contribution is 2.10. The number of carboxylic acid groups (broad SMARTS) is 1. The van der Waals surface area contributed by atoms with Gasteiger partial charge < -0.3 is 25.2 Å². The maximum atomic E-state index is 11.8. The number of alkyl carbamates (subject to hydrolysis) is 2. The lowest BCUT2D eigenvalue weighted by atomic mass is 10.1. The van der Waals surface area contributed by atoms with Crippen LogP contribution in [0.25, 0.3) is 0 Å². The number of carboxylic acids is 1. The molecule has 8 heteroatoms. The summed E-state index contributed by atoms with van der Waals surface area (Å²) in [6.45, 7) is 11.0. The normalized spacial score (nSPS) is 12.9. The van der Waals surface area contributed by atoms with E-state index in [0.717, 1.165) is 0 Å². The third-order valence-electron chi connectivity index (χ3n) is 2.79. The zero-order valence-corrected chi connectivity index (χ0v) is 16.1. The fourth-order valence-electron chi connectivity index (χ4n) is 1.93. The van der Waals surface area contributed by atoms with Crippen molar-refractivity contribution in [1.82, 2.24) is 10.6 Å². The summed E-state index contributed by atoms with van der Waals surface area (Å²) in [5.41, 5.74) is -1.19. The number of hydrogen-bond acceptors (Lipinski definition) is 5. The van der Waals surface area contributed by atoms with Crippen molar-refractivity contribution in [2.75, 3.05) is 6.54 Å². The van der Waals surface area contributed by atoms with Crippen LogP contribution in [0, 0.1) is 0 Å². The first-order valence-electron chi connectivity index (χ1n) is 8.46. The third kappa shape index (κ3) is 15.3. The van der Waals surface area contributed by atoms with E-state index in [9.17, 15) is 14.4 Å². The molecule has 0 aliphatic rings. The summed E-state index contributed by atoms with van der Waals surface area (Å²) in [4.78, 5) is 34.2. The van der Waals surface area contributed by atoms with Gasteiger partial charge in [0.05, 0.1) is 6.42 Å². The molecule has 0 heterocycles. The minimum absolute atomic E-state index is 0.182. The van der Waals surface area contributed by atoms with Crippen molar-refractivity contribution < 1.29 is 29.0 Å². The van der Waals surface area contributed by atoms with Gasteiger partial charge >= 0.3 is 18.2 Å². The van der Waals surface area contributed by atoms with Crippen LogP contribution >= 0.6 is 0 Å². The van der Waals surface area contributed by atoms with E-state index in [2.05, 4.69) is 10.6 Å². The summed E-state index contributed by atoms with van der Waals surface area (Å²) in [6, 6.07) is -0.520. The molecular weight excluding hydrogens is 328 g/mol. The van der Waals surface area contributed by atoms with E-state index < -0.39 is 35.4 Å². The van der Waals surface area contributed by atoms with Crippen molar-refractivity contribution in [2.24, 2.45) is 0 Å². The number of ether oxygens (including phenoxy) is 2. The van der Waals surface area contributed by atoms with Gasteiger partial charge in [-0.2, -0.15) is 0 Å². The molecule has 0 spiro atoms. The van der Waals surface area contributed by atoms with Gasteiger partial charge in [-0.05, 0) is 60.8 Å². The Balaban J connectivity index is 4.18. The molecule has 3 N–H and O–H groups in total. The van der Waals surface area contributed by atoms with Gasteiger partial charge in [0, 0.05) is 12.6 Å². The van der Waals surface area contributed by atoms with Gasteiger partial charge in [-0.3, -0.25) is 4.79 Å². The Bertz CT molecular complexity index is 451. The first-order chi connectivity index (χ1) is 11.3. The smallest absolute Gasteiger partial charge is 0.407 e. The molecule has 0 rings (SSSR count). The summed E-state index contributed by atoms with van der Waals surface area (Å²) in [5.74, 6) is -0.993. The third-order valence-corrected chi connectivity index (χ3v) is 2.79. The number of hydrogen-bond donors (Lipinski definition) is 3. The molecule has 0 fully saturated rings. The highest BCUT2D eigenvalue weighted by Gasteiger charge is 2.21. The molecule has 8 nitrogen and oxygen atoms in total. The van der Waals surface area contributed by atoms with Gasteiger partial charge in [-0.25, -0.2) is 9.59 Å². The van der Waals surface area contributed by atoms with Crippen LogP contribution in [0.2, 0.25) is 0 Å².